The van der Waals surface area contributed by atoms with Crippen molar-refractivity contribution in [3.05, 3.63) is 24.0 Å². The lowest BCUT2D eigenvalue weighted by Crippen LogP contribution is -2.49. The van der Waals surface area contributed by atoms with Crippen LogP contribution >= 0.6 is 0 Å². The maximum absolute atomic E-state index is 12.8. The van der Waals surface area contributed by atoms with Crippen LogP contribution in [0.3, 0.4) is 0 Å². The minimum Gasteiger partial charge on any atom is -0.340 e. The van der Waals surface area contributed by atoms with Gasteiger partial charge in [0.1, 0.15) is 5.69 Å². The van der Waals surface area contributed by atoms with E-state index in [-0.39, 0.29) is 11.9 Å². The molecule has 2 aliphatic rings. The normalized spacial score (nSPS) is 26.8. The first-order chi connectivity index (χ1) is 9.74. The fraction of sp³-hybridized carbons (Fsp3) is 0.688. The molecule has 1 aliphatic carbocycles. The Bertz CT molecular complexity index is 478. The number of hydrogen-bond acceptors (Lipinski definition) is 2. The molecule has 1 saturated heterocycles. The number of likely N-dealkylation sites (tertiary alicyclic amines) is 1. The van der Waals surface area contributed by atoms with Gasteiger partial charge in [-0.2, -0.15) is 0 Å². The highest BCUT2D eigenvalue weighted by molar-refractivity contribution is 5.93. The summed E-state index contributed by atoms with van der Waals surface area (Å²) in [5, 5.41) is 0. The fourth-order valence-electron chi connectivity index (χ4n) is 3.39. The van der Waals surface area contributed by atoms with Crippen LogP contribution in [0.4, 0.5) is 0 Å². The van der Waals surface area contributed by atoms with Crippen LogP contribution in [0.2, 0.25) is 0 Å². The quantitative estimate of drug-likeness (QED) is 0.917. The van der Waals surface area contributed by atoms with Crippen molar-refractivity contribution in [2.24, 2.45) is 11.7 Å². The number of hydrogen-bond donors (Lipinski definition) is 1. The van der Waals surface area contributed by atoms with E-state index in [0.29, 0.717) is 12.6 Å². The van der Waals surface area contributed by atoms with E-state index in [4.69, 9.17) is 5.73 Å². The van der Waals surface area contributed by atoms with E-state index in [9.17, 15) is 4.79 Å². The van der Waals surface area contributed by atoms with Gasteiger partial charge in [0.25, 0.3) is 5.91 Å². The minimum atomic E-state index is 0.173. The molecule has 1 aliphatic heterocycles. The van der Waals surface area contributed by atoms with Crippen LogP contribution in [0.5, 0.6) is 0 Å². The van der Waals surface area contributed by atoms with E-state index < -0.39 is 0 Å². The summed E-state index contributed by atoms with van der Waals surface area (Å²) in [6.07, 6.45) is 7.81. The van der Waals surface area contributed by atoms with Crippen LogP contribution in [0.1, 0.15) is 55.6 Å². The van der Waals surface area contributed by atoms with E-state index in [1.54, 1.807) is 0 Å². The number of carbonyl (C=O) groups excluding carboxylic acids is 1. The monoisotopic (exact) mass is 275 g/mol. The van der Waals surface area contributed by atoms with Crippen LogP contribution in [-0.4, -0.2) is 34.5 Å². The summed E-state index contributed by atoms with van der Waals surface area (Å²) >= 11 is 0. The summed E-state index contributed by atoms with van der Waals surface area (Å²) in [5.74, 6) is 0.898. The summed E-state index contributed by atoms with van der Waals surface area (Å²) in [5.41, 5.74) is 6.76. The highest BCUT2D eigenvalue weighted by atomic mass is 16.2. The van der Waals surface area contributed by atoms with Gasteiger partial charge in [0.2, 0.25) is 0 Å². The molecule has 110 valence electrons. The van der Waals surface area contributed by atoms with E-state index >= 15 is 0 Å². The molecular formula is C16H25N3O. The molecule has 1 aromatic heterocycles. The molecule has 0 radical (unpaired) electrons. The van der Waals surface area contributed by atoms with Crippen molar-refractivity contribution in [2.75, 3.05) is 13.1 Å². The average molecular weight is 275 g/mol. The van der Waals surface area contributed by atoms with Gasteiger partial charge < -0.3 is 15.2 Å². The van der Waals surface area contributed by atoms with Gasteiger partial charge >= 0.3 is 0 Å². The number of nitrogens with zero attached hydrogens (tertiary/aromatic N) is 2. The summed E-state index contributed by atoms with van der Waals surface area (Å²) in [7, 11) is 0. The van der Waals surface area contributed by atoms with Gasteiger partial charge in [0, 0.05) is 31.4 Å². The smallest absolute Gasteiger partial charge is 0.270 e. The Kier molecular flexibility index (Phi) is 3.83. The largest absolute Gasteiger partial charge is 0.340 e. The van der Waals surface area contributed by atoms with Crippen molar-refractivity contribution in [1.82, 2.24) is 9.47 Å². The van der Waals surface area contributed by atoms with E-state index in [1.807, 2.05) is 23.2 Å². The number of amides is 1. The Labute approximate surface area is 120 Å². The molecule has 1 saturated carbocycles. The number of carbonyl (C=O) groups is 1. The second-order valence-corrected chi connectivity index (χ2v) is 6.22. The summed E-state index contributed by atoms with van der Waals surface area (Å²) in [4.78, 5) is 14.8. The minimum absolute atomic E-state index is 0.173. The zero-order valence-electron chi connectivity index (χ0n) is 12.3. The van der Waals surface area contributed by atoms with Crippen molar-refractivity contribution in [2.45, 2.75) is 51.1 Å². The zero-order chi connectivity index (χ0) is 14.1. The van der Waals surface area contributed by atoms with Crippen LogP contribution in [-0.2, 0) is 0 Å². The van der Waals surface area contributed by atoms with Gasteiger partial charge in [0.15, 0.2) is 0 Å². The van der Waals surface area contributed by atoms with Gasteiger partial charge in [-0.25, -0.2) is 0 Å². The first-order valence-electron chi connectivity index (χ1n) is 7.92. The maximum Gasteiger partial charge on any atom is 0.270 e. The van der Waals surface area contributed by atoms with Crippen molar-refractivity contribution in [3.8, 4) is 0 Å². The second kappa shape index (κ2) is 5.60. The van der Waals surface area contributed by atoms with Crippen molar-refractivity contribution in [1.29, 1.82) is 0 Å². The Morgan fingerprint density at radius 3 is 2.85 bits per heavy atom. The SMILES string of the molecule is CCC1CCN(C(=O)c2cccn2C2CC2)C(CN)C1. The second-order valence-electron chi connectivity index (χ2n) is 6.22. The number of nitrogens with two attached hydrogens (primary N) is 1. The molecule has 1 amide bonds. The lowest BCUT2D eigenvalue weighted by Gasteiger charge is -2.39. The molecule has 4 nitrogen and oxygen atoms in total. The third-order valence-corrected chi connectivity index (χ3v) is 4.87. The number of rotatable bonds is 4. The fourth-order valence-corrected chi connectivity index (χ4v) is 3.39. The molecule has 4 heteroatoms. The maximum atomic E-state index is 12.8. The van der Waals surface area contributed by atoms with Gasteiger partial charge in [-0.15, -0.1) is 0 Å². The van der Waals surface area contributed by atoms with Gasteiger partial charge in [-0.05, 0) is 43.7 Å². The Morgan fingerprint density at radius 2 is 2.20 bits per heavy atom. The highest BCUT2D eigenvalue weighted by Gasteiger charge is 2.33. The average Bonchev–Trinajstić information content (AvgIpc) is 3.22. The third kappa shape index (κ3) is 2.49. The molecule has 1 aromatic rings. The van der Waals surface area contributed by atoms with Crippen LogP contribution in [0, 0.1) is 5.92 Å². The topological polar surface area (TPSA) is 51.3 Å². The van der Waals surface area contributed by atoms with Gasteiger partial charge in [0.05, 0.1) is 0 Å². The first kappa shape index (κ1) is 13.7. The standard InChI is InChI=1S/C16H25N3O/c1-2-12-7-9-19(14(10-12)11-17)16(20)15-4-3-8-18(15)13-5-6-13/h3-4,8,12-14H,2,5-7,9-11,17H2,1H3. The molecular weight excluding hydrogens is 250 g/mol. The lowest BCUT2D eigenvalue weighted by molar-refractivity contribution is 0.0547. The van der Waals surface area contributed by atoms with Crippen LogP contribution < -0.4 is 5.73 Å². The molecule has 2 N–H and O–H groups in total. The van der Waals surface area contributed by atoms with E-state index in [0.717, 1.165) is 31.0 Å². The number of aromatic nitrogens is 1. The Morgan fingerprint density at radius 1 is 1.40 bits per heavy atom. The van der Waals surface area contributed by atoms with Crippen molar-refractivity contribution < 1.29 is 4.79 Å². The molecule has 2 heterocycles. The molecule has 0 aromatic carbocycles. The summed E-state index contributed by atoms with van der Waals surface area (Å²) < 4.78 is 2.15. The van der Waals surface area contributed by atoms with E-state index in [1.165, 1.54) is 19.3 Å². The van der Waals surface area contributed by atoms with Crippen molar-refractivity contribution >= 4 is 5.91 Å². The summed E-state index contributed by atoms with van der Waals surface area (Å²) in [6.45, 7) is 3.66. The Balaban J connectivity index is 1.77. The molecule has 0 spiro atoms. The third-order valence-electron chi connectivity index (χ3n) is 4.87. The van der Waals surface area contributed by atoms with E-state index in [2.05, 4.69) is 11.5 Å². The molecule has 2 atom stereocenters. The lowest BCUT2D eigenvalue weighted by atomic mass is 9.88. The zero-order valence-corrected chi connectivity index (χ0v) is 12.3. The van der Waals surface area contributed by atoms with Crippen LogP contribution in [0.15, 0.2) is 18.3 Å². The summed E-state index contributed by atoms with van der Waals surface area (Å²) in [6, 6.07) is 4.71. The molecule has 0 bridgehead atoms. The molecule has 2 fully saturated rings. The van der Waals surface area contributed by atoms with Crippen molar-refractivity contribution in [3.63, 3.8) is 0 Å². The Hall–Kier alpha value is -1.29. The molecule has 3 rings (SSSR count). The predicted octanol–water partition coefficient (Wildman–Crippen LogP) is 2.41. The van der Waals surface area contributed by atoms with Crippen LogP contribution in [0.25, 0.3) is 0 Å². The molecule has 20 heavy (non-hydrogen) atoms. The first-order valence-corrected chi connectivity index (χ1v) is 7.92. The number of piperidine rings is 1. The highest BCUT2D eigenvalue weighted by Crippen LogP contribution is 2.36. The predicted molar refractivity (Wildman–Crippen MR) is 79.6 cm³/mol. The van der Waals surface area contributed by atoms with Gasteiger partial charge in [-0.1, -0.05) is 13.3 Å². The molecule has 2 unspecified atom stereocenters. The van der Waals surface area contributed by atoms with Gasteiger partial charge in [-0.3, -0.25) is 4.79 Å².